The summed E-state index contributed by atoms with van der Waals surface area (Å²) in [5.74, 6) is -2.64. The summed E-state index contributed by atoms with van der Waals surface area (Å²) >= 11 is 0. The molecular weight excluding hydrogens is 558 g/mol. The zero-order chi connectivity index (χ0) is 30.9. The number of hydrogen-bond donors (Lipinski definition) is 3. The van der Waals surface area contributed by atoms with Crippen molar-refractivity contribution in [3.05, 3.63) is 114 Å². The number of aliphatic hydroxyl groups is 1. The fourth-order valence-corrected chi connectivity index (χ4v) is 5.39. The van der Waals surface area contributed by atoms with Crippen LogP contribution in [-0.4, -0.2) is 46.6 Å². The number of oxazole rings is 1. The quantitative estimate of drug-likeness (QED) is 0.156. The predicted octanol–water partition coefficient (Wildman–Crippen LogP) is 4.46. The Kier molecular flexibility index (Phi) is 10.2. The van der Waals surface area contributed by atoms with E-state index in [9.17, 15) is 19.5 Å². The number of fused-ring (bicyclic) bond motifs is 1. The Hall–Kier alpha value is -4.76. The number of esters is 1. The fraction of sp³-hybridized carbons (Fsp3) is 0.314. The Labute approximate surface area is 256 Å². The van der Waals surface area contributed by atoms with Gasteiger partial charge in [-0.3, -0.25) is 14.4 Å². The third-order valence-electron chi connectivity index (χ3n) is 7.77. The van der Waals surface area contributed by atoms with Crippen LogP contribution in [0.5, 0.6) is 0 Å². The molecule has 1 aliphatic rings. The van der Waals surface area contributed by atoms with E-state index in [-0.39, 0.29) is 19.4 Å². The van der Waals surface area contributed by atoms with Gasteiger partial charge in [0, 0.05) is 6.42 Å². The molecule has 4 aromatic rings. The van der Waals surface area contributed by atoms with Crippen LogP contribution in [0.25, 0.3) is 11.1 Å². The highest BCUT2D eigenvalue weighted by molar-refractivity contribution is 6.00. The van der Waals surface area contributed by atoms with Crippen molar-refractivity contribution in [3.8, 4) is 0 Å². The maximum atomic E-state index is 13.6. The maximum absolute atomic E-state index is 13.6. The molecule has 3 aromatic carbocycles. The first-order chi connectivity index (χ1) is 21.4. The fourth-order valence-electron chi connectivity index (χ4n) is 5.39. The molecule has 1 aromatic heterocycles. The zero-order valence-electron chi connectivity index (χ0n) is 24.6. The van der Waals surface area contributed by atoms with E-state index in [0.717, 1.165) is 5.56 Å². The average Bonchev–Trinajstić information content (AvgIpc) is 3.45. The summed E-state index contributed by atoms with van der Waals surface area (Å²) in [6.45, 7) is 1.48. The minimum Gasteiger partial charge on any atom is -0.455 e. The second-order valence-electron chi connectivity index (χ2n) is 11.1. The van der Waals surface area contributed by atoms with Crippen molar-refractivity contribution in [2.45, 2.75) is 50.8 Å². The molecule has 44 heavy (non-hydrogen) atoms. The van der Waals surface area contributed by atoms with Gasteiger partial charge in [-0.05, 0) is 49.4 Å². The van der Waals surface area contributed by atoms with Gasteiger partial charge in [0.05, 0.1) is 24.6 Å². The van der Waals surface area contributed by atoms with Crippen LogP contribution in [0.15, 0.2) is 101 Å². The molecule has 0 saturated heterocycles. The predicted molar refractivity (Wildman–Crippen MR) is 165 cm³/mol. The summed E-state index contributed by atoms with van der Waals surface area (Å²) in [6, 6.07) is 24.9. The molecule has 0 fully saturated rings. The largest absolute Gasteiger partial charge is 0.455 e. The molecule has 2 heterocycles. The van der Waals surface area contributed by atoms with Crippen LogP contribution >= 0.6 is 0 Å². The smallest absolute Gasteiger partial charge is 0.310 e. The number of benzene rings is 3. The number of cyclic esters (lactones) is 1. The number of ether oxygens (including phenoxy) is 1. The molecular formula is C35H37N3O6. The molecule has 3 N–H and O–H groups in total. The van der Waals surface area contributed by atoms with Gasteiger partial charge in [0.25, 0.3) is 0 Å². The van der Waals surface area contributed by atoms with Crippen LogP contribution in [0, 0.1) is 11.8 Å². The second-order valence-corrected chi connectivity index (χ2v) is 11.1. The zero-order valence-corrected chi connectivity index (χ0v) is 24.6. The van der Waals surface area contributed by atoms with Crippen LogP contribution in [0.2, 0.25) is 0 Å². The van der Waals surface area contributed by atoms with Crippen LogP contribution in [0.3, 0.4) is 0 Å². The lowest BCUT2D eigenvalue weighted by Crippen LogP contribution is -2.49. The van der Waals surface area contributed by atoms with E-state index in [4.69, 9.17) is 9.15 Å². The molecule has 9 heteroatoms. The maximum Gasteiger partial charge on any atom is 0.310 e. The van der Waals surface area contributed by atoms with E-state index in [0.29, 0.717) is 35.4 Å². The SMILES string of the molecule is C[C@@H]1NC(=O)C(C(=O)N[C@@H](CO)Cc2ccccc2)CC=CCC(Cc2nc3ccccc3o2)C(=O)OC1c1ccccc1. The van der Waals surface area contributed by atoms with Gasteiger partial charge >= 0.3 is 5.97 Å². The number of nitrogens with zero attached hydrogens (tertiary/aromatic N) is 1. The number of amides is 2. The number of allylic oxidation sites excluding steroid dienone is 2. The third kappa shape index (κ3) is 7.79. The Bertz CT molecular complexity index is 1550. The van der Waals surface area contributed by atoms with E-state index < -0.39 is 47.8 Å². The van der Waals surface area contributed by atoms with Crippen molar-refractivity contribution in [2.24, 2.45) is 11.8 Å². The molecule has 228 valence electrons. The summed E-state index contributed by atoms with van der Waals surface area (Å²) in [4.78, 5) is 45.1. The molecule has 3 unspecified atom stereocenters. The van der Waals surface area contributed by atoms with E-state index >= 15 is 0 Å². The van der Waals surface area contributed by atoms with E-state index in [1.54, 1.807) is 19.1 Å². The lowest BCUT2D eigenvalue weighted by Gasteiger charge is -2.29. The molecule has 0 radical (unpaired) electrons. The molecule has 2 amide bonds. The Morgan fingerprint density at radius 1 is 0.977 bits per heavy atom. The van der Waals surface area contributed by atoms with Gasteiger partial charge in [0.15, 0.2) is 11.5 Å². The molecule has 0 bridgehead atoms. The Morgan fingerprint density at radius 3 is 2.39 bits per heavy atom. The normalized spacial score (nSPS) is 21.9. The van der Waals surface area contributed by atoms with Crippen LogP contribution < -0.4 is 10.6 Å². The summed E-state index contributed by atoms with van der Waals surface area (Å²) in [5, 5.41) is 15.8. The number of carbonyl (C=O) groups excluding carboxylic acids is 3. The Balaban J connectivity index is 1.39. The number of aliphatic hydroxyl groups excluding tert-OH is 1. The number of nitrogens with one attached hydrogen (secondary N) is 2. The molecule has 0 aliphatic carbocycles. The van der Waals surface area contributed by atoms with Crippen molar-refractivity contribution < 1.29 is 28.6 Å². The first-order valence-electron chi connectivity index (χ1n) is 14.9. The lowest BCUT2D eigenvalue weighted by atomic mass is 9.96. The van der Waals surface area contributed by atoms with Crippen molar-refractivity contribution in [3.63, 3.8) is 0 Å². The van der Waals surface area contributed by atoms with Gasteiger partial charge in [-0.2, -0.15) is 0 Å². The van der Waals surface area contributed by atoms with Crippen LogP contribution in [-0.2, 0) is 32.0 Å². The second kappa shape index (κ2) is 14.6. The molecule has 1 aliphatic heterocycles. The van der Waals surface area contributed by atoms with Crippen LogP contribution in [0.1, 0.15) is 42.9 Å². The molecule has 9 nitrogen and oxygen atoms in total. The molecule has 5 rings (SSSR count). The van der Waals surface area contributed by atoms with Gasteiger partial charge in [-0.1, -0.05) is 84.9 Å². The van der Waals surface area contributed by atoms with Gasteiger partial charge in [-0.25, -0.2) is 4.98 Å². The lowest BCUT2D eigenvalue weighted by molar-refractivity contribution is -0.157. The van der Waals surface area contributed by atoms with Crippen LogP contribution in [0.4, 0.5) is 0 Å². The first kappa shape index (κ1) is 30.7. The number of carbonyl (C=O) groups is 3. The summed E-state index contributed by atoms with van der Waals surface area (Å²) in [7, 11) is 0. The standard InChI is InChI=1S/C35H37N3O6/c1-23-32(25-14-6-3-7-15-25)44-35(42)26(21-31-38-29-18-10-11-19-30(29)43-31)16-8-9-17-28(33(40)36-23)34(41)37-27(22-39)20-24-12-4-2-5-13-24/h2-15,18-19,23,26-28,32,39H,16-17,20-22H2,1H3,(H,36,40)(H,37,41)/t23-,26?,27+,28?,32?/m0/s1. The minimum atomic E-state index is -1.06. The topological polar surface area (TPSA) is 131 Å². The highest BCUT2D eigenvalue weighted by Gasteiger charge is 2.34. The number of rotatable bonds is 8. The monoisotopic (exact) mass is 595 g/mol. The van der Waals surface area contributed by atoms with Gasteiger partial charge < -0.3 is 24.9 Å². The van der Waals surface area contributed by atoms with E-state index in [2.05, 4.69) is 15.6 Å². The van der Waals surface area contributed by atoms with Gasteiger partial charge in [-0.15, -0.1) is 0 Å². The Morgan fingerprint density at radius 2 is 1.66 bits per heavy atom. The molecule has 5 atom stereocenters. The van der Waals surface area contributed by atoms with Crippen molar-refractivity contribution >= 4 is 28.9 Å². The van der Waals surface area contributed by atoms with Gasteiger partial charge in [0.2, 0.25) is 11.8 Å². The molecule has 0 saturated carbocycles. The average molecular weight is 596 g/mol. The van der Waals surface area contributed by atoms with E-state index in [1.807, 2.05) is 84.9 Å². The first-order valence-corrected chi connectivity index (χ1v) is 14.9. The minimum absolute atomic E-state index is 0.120. The number of hydrogen-bond acceptors (Lipinski definition) is 7. The van der Waals surface area contributed by atoms with Crippen molar-refractivity contribution in [1.82, 2.24) is 15.6 Å². The van der Waals surface area contributed by atoms with E-state index in [1.165, 1.54) is 0 Å². The van der Waals surface area contributed by atoms with Crippen molar-refractivity contribution in [1.29, 1.82) is 0 Å². The summed E-state index contributed by atoms with van der Waals surface area (Å²) < 4.78 is 12.0. The highest BCUT2D eigenvalue weighted by Crippen LogP contribution is 2.27. The molecule has 0 spiro atoms. The highest BCUT2D eigenvalue weighted by atomic mass is 16.5. The number of para-hydroxylation sites is 2. The third-order valence-corrected chi connectivity index (χ3v) is 7.77. The summed E-state index contributed by atoms with van der Waals surface area (Å²) in [5.41, 5.74) is 3.02. The summed E-state index contributed by atoms with van der Waals surface area (Å²) in [6.07, 6.45) is 3.80. The van der Waals surface area contributed by atoms with Gasteiger partial charge in [0.1, 0.15) is 17.5 Å². The number of aromatic nitrogens is 1. The van der Waals surface area contributed by atoms with Crippen molar-refractivity contribution in [2.75, 3.05) is 6.61 Å².